The lowest BCUT2D eigenvalue weighted by molar-refractivity contribution is -0.128. The highest BCUT2D eigenvalue weighted by molar-refractivity contribution is 5.81. The Morgan fingerprint density at radius 1 is 1.16 bits per heavy atom. The van der Waals surface area contributed by atoms with Gasteiger partial charge >= 0.3 is 0 Å². The molecule has 0 unspecified atom stereocenters. The van der Waals surface area contributed by atoms with Gasteiger partial charge in [0.25, 0.3) is 5.91 Å². The first-order valence-corrected chi connectivity index (χ1v) is 8.46. The van der Waals surface area contributed by atoms with Gasteiger partial charge in [0.15, 0.2) is 17.7 Å². The van der Waals surface area contributed by atoms with Crippen LogP contribution >= 0.6 is 0 Å². The molecule has 0 heterocycles. The van der Waals surface area contributed by atoms with E-state index in [1.54, 1.807) is 19.2 Å². The molecule has 1 amide bonds. The molecule has 0 aliphatic rings. The summed E-state index contributed by atoms with van der Waals surface area (Å²) in [5.41, 5.74) is 1.18. The van der Waals surface area contributed by atoms with Crippen molar-refractivity contribution in [1.29, 1.82) is 0 Å². The third-order valence-electron chi connectivity index (χ3n) is 3.87. The summed E-state index contributed by atoms with van der Waals surface area (Å²) >= 11 is 0. The third kappa shape index (κ3) is 5.78. The average molecular weight is 345 g/mol. The lowest BCUT2D eigenvalue weighted by Crippen LogP contribution is -2.38. The molecule has 1 N–H and O–H groups in total. The second kappa shape index (κ2) is 9.67. The number of carbonyl (C=O) groups is 1. The molecule has 2 aromatic carbocycles. The Labute approximate surface area is 148 Å². The topological polar surface area (TPSA) is 47.6 Å². The van der Waals surface area contributed by atoms with Gasteiger partial charge in [-0.3, -0.25) is 4.79 Å². The molecule has 4 nitrogen and oxygen atoms in total. The zero-order chi connectivity index (χ0) is 18.1. The molecule has 0 aliphatic carbocycles. The Bertz CT molecular complexity index is 673. The SMILES string of the molecule is CC[C@@H](Oc1ccccc1F)C(=O)NCCCc1ccc(OC)cc1. The molecule has 2 rings (SSSR count). The molecule has 0 aliphatic heterocycles. The maximum atomic E-state index is 13.6. The number of amides is 1. The summed E-state index contributed by atoms with van der Waals surface area (Å²) < 4.78 is 24.3. The summed E-state index contributed by atoms with van der Waals surface area (Å²) in [4.78, 5) is 12.2. The van der Waals surface area contributed by atoms with Gasteiger partial charge in [-0.2, -0.15) is 0 Å². The molecule has 0 saturated heterocycles. The molecule has 0 radical (unpaired) electrons. The quantitative estimate of drug-likeness (QED) is 0.704. The Morgan fingerprint density at radius 2 is 1.88 bits per heavy atom. The molecule has 0 bridgehead atoms. The summed E-state index contributed by atoms with van der Waals surface area (Å²) in [7, 11) is 1.64. The van der Waals surface area contributed by atoms with Crippen LogP contribution in [0, 0.1) is 5.82 Å². The van der Waals surface area contributed by atoms with Gasteiger partial charge in [-0.15, -0.1) is 0 Å². The summed E-state index contributed by atoms with van der Waals surface area (Å²) in [5.74, 6) is 0.240. The third-order valence-corrected chi connectivity index (χ3v) is 3.87. The van der Waals surface area contributed by atoms with Crippen LogP contribution in [0.4, 0.5) is 4.39 Å². The Hall–Kier alpha value is -2.56. The highest BCUT2D eigenvalue weighted by atomic mass is 19.1. The number of hydrogen-bond acceptors (Lipinski definition) is 3. The standard InChI is InChI=1S/C20H24FNO3/c1-3-18(25-19-9-5-4-8-17(19)21)20(23)22-14-6-7-15-10-12-16(24-2)13-11-15/h4-5,8-13,18H,3,6-7,14H2,1-2H3,(H,22,23)/t18-/m1/s1. The first-order chi connectivity index (χ1) is 12.1. The van der Waals surface area contributed by atoms with Crippen LogP contribution in [0.2, 0.25) is 0 Å². The van der Waals surface area contributed by atoms with Gasteiger partial charge in [0.2, 0.25) is 0 Å². The van der Waals surface area contributed by atoms with Crippen molar-refractivity contribution in [2.75, 3.05) is 13.7 Å². The van der Waals surface area contributed by atoms with Crippen LogP contribution in [-0.4, -0.2) is 25.7 Å². The van der Waals surface area contributed by atoms with Gasteiger partial charge in [0.1, 0.15) is 5.75 Å². The smallest absolute Gasteiger partial charge is 0.261 e. The van der Waals surface area contributed by atoms with Crippen molar-refractivity contribution >= 4 is 5.91 Å². The van der Waals surface area contributed by atoms with Crippen molar-refractivity contribution in [3.63, 3.8) is 0 Å². The normalized spacial score (nSPS) is 11.6. The Morgan fingerprint density at radius 3 is 2.52 bits per heavy atom. The summed E-state index contributed by atoms with van der Waals surface area (Å²) in [6, 6.07) is 14.0. The van der Waals surface area contributed by atoms with E-state index in [-0.39, 0.29) is 11.7 Å². The predicted molar refractivity (Wildman–Crippen MR) is 95.4 cm³/mol. The molecular weight excluding hydrogens is 321 g/mol. The van der Waals surface area contributed by atoms with Gasteiger partial charge in [0.05, 0.1) is 7.11 Å². The van der Waals surface area contributed by atoms with Crippen LogP contribution in [0.15, 0.2) is 48.5 Å². The van der Waals surface area contributed by atoms with E-state index in [9.17, 15) is 9.18 Å². The minimum atomic E-state index is -0.696. The number of rotatable bonds is 9. The van der Waals surface area contributed by atoms with Crippen LogP contribution in [0.1, 0.15) is 25.3 Å². The minimum Gasteiger partial charge on any atom is -0.497 e. The Kier molecular flexibility index (Phi) is 7.26. The number of methoxy groups -OCH3 is 1. The molecule has 0 saturated carbocycles. The zero-order valence-corrected chi connectivity index (χ0v) is 14.6. The second-order valence-electron chi connectivity index (χ2n) is 5.69. The highest BCUT2D eigenvalue weighted by Gasteiger charge is 2.19. The lowest BCUT2D eigenvalue weighted by atomic mass is 10.1. The van der Waals surface area contributed by atoms with Crippen molar-refractivity contribution in [2.45, 2.75) is 32.3 Å². The van der Waals surface area contributed by atoms with E-state index >= 15 is 0 Å². The number of aryl methyl sites for hydroxylation is 1. The van der Waals surface area contributed by atoms with Crippen LogP contribution in [0.25, 0.3) is 0 Å². The number of nitrogens with one attached hydrogen (secondary N) is 1. The molecule has 0 fully saturated rings. The monoisotopic (exact) mass is 345 g/mol. The van der Waals surface area contributed by atoms with Crippen molar-refractivity contribution < 1.29 is 18.7 Å². The molecule has 0 spiro atoms. The molecule has 25 heavy (non-hydrogen) atoms. The zero-order valence-electron chi connectivity index (χ0n) is 14.6. The van der Waals surface area contributed by atoms with Crippen molar-refractivity contribution in [2.24, 2.45) is 0 Å². The molecule has 2 aromatic rings. The van der Waals surface area contributed by atoms with Crippen LogP contribution < -0.4 is 14.8 Å². The number of benzene rings is 2. The number of hydrogen-bond donors (Lipinski definition) is 1. The van der Waals surface area contributed by atoms with Gasteiger partial charge in [-0.1, -0.05) is 31.2 Å². The Balaban J connectivity index is 1.76. The highest BCUT2D eigenvalue weighted by Crippen LogP contribution is 2.18. The van der Waals surface area contributed by atoms with Crippen molar-refractivity contribution in [1.82, 2.24) is 5.32 Å². The van der Waals surface area contributed by atoms with E-state index in [0.29, 0.717) is 13.0 Å². The van der Waals surface area contributed by atoms with Crippen LogP contribution in [0.3, 0.4) is 0 Å². The minimum absolute atomic E-state index is 0.0998. The van der Waals surface area contributed by atoms with Crippen molar-refractivity contribution in [3.05, 3.63) is 59.9 Å². The summed E-state index contributed by atoms with van der Waals surface area (Å²) in [6.45, 7) is 2.38. The molecule has 0 aromatic heterocycles. The van der Waals surface area contributed by atoms with E-state index in [0.717, 1.165) is 18.6 Å². The van der Waals surface area contributed by atoms with E-state index in [1.807, 2.05) is 31.2 Å². The number of para-hydroxylation sites is 1. The fraction of sp³-hybridized carbons (Fsp3) is 0.350. The number of carbonyl (C=O) groups excluding carboxylic acids is 1. The van der Waals surface area contributed by atoms with E-state index < -0.39 is 11.9 Å². The van der Waals surface area contributed by atoms with Gasteiger partial charge in [0, 0.05) is 6.54 Å². The first kappa shape index (κ1) is 18.8. The van der Waals surface area contributed by atoms with Crippen molar-refractivity contribution in [3.8, 4) is 11.5 Å². The van der Waals surface area contributed by atoms with Gasteiger partial charge in [-0.25, -0.2) is 4.39 Å². The average Bonchev–Trinajstić information content (AvgIpc) is 2.65. The van der Waals surface area contributed by atoms with E-state index in [4.69, 9.17) is 9.47 Å². The van der Waals surface area contributed by atoms with Crippen LogP contribution in [0.5, 0.6) is 11.5 Å². The maximum Gasteiger partial charge on any atom is 0.261 e. The molecular formula is C20H24FNO3. The lowest BCUT2D eigenvalue weighted by Gasteiger charge is -2.17. The number of halogens is 1. The molecule has 134 valence electrons. The van der Waals surface area contributed by atoms with Crippen LogP contribution in [-0.2, 0) is 11.2 Å². The summed E-state index contributed by atoms with van der Waals surface area (Å²) in [6.07, 6.45) is 1.44. The largest absolute Gasteiger partial charge is 0.497 e. The van der Waals surface area contributed by atoms with Gasteiger partial charge in [-0.05, 0) is 49.1 Å². The number of ether oxygens (including phenoxy) is 2. The second-order valence-corrected chi connectivity index (χ2v) is 5.69. The maximum absolute atomic E-state index is 13.6. The van der Waals surface area contributed by atoms with Gasteiger partial charge < -0.3 is 14.8 Å². The molecule has 5 heteroatoms. The summed E-state index contributed by atoms with van der Waals surface area (Å²) in [5, 5.41) is 2.86. The fourth-order valence-electron chi connectivity index (χ4n) is 2.43. The molecule has 1 atom stereocenters. The predicted octanol–water partition coefficient (Wildman–Crippen LogP) is 3.74. The van der Waals surface area contributed by atoms with E-state index in [2.05, 4.69) is 5.32 Å². The first-order valence-electron chi connectivity index (χ1n) is 8.46. The fourth-order valence-corrected chi connectivity index (χ4v) is 2.43. The van der Waals surface area contributed by atoms with E-state index in [1.165, 1.54) is 17.7 Å².